The van der Waals surface area contributed by atoms with Crippen LogP contribution in [0.1, 0.15) is 30.9 Å². The summed E-state index contributed by atoms with van der Waals surface area (Å²) in [5.41, 5.74) is 2.13. The lowest BCUT2D eigenvalue weighted by Crippen LogP contribution is -2.21. The molecule has 0 aromatic heterocycles. The molecule has 0 amide bonds. The summed E-state index contributed by atoms with van der Waals surface area (Å²) in [7, 11) is 0. The van der Waals surface area contributed by atoms with E-state index in [-0.39, 0.29) is 17.7 Å². The summed E-state index contributed by atoms with van der Waals surface area (Å²) in [5.74, 6) is 0.0945. The molecular weight excluding hydrogens is 200 g/mol. The second-order valence-electron chi connectivity index (χ2n) is 4.37. The molecular formula is C13H12N2O. The second kappa shape index (κ2) is 3.11. The Morgan fingerprint density at radius 1 is 1.31 bits per heavy atom. The zero-order chi connectivity index (χ0) is 11.3. The highest BCUT2D eigenvalue weighted by Crippen LogP contribution is 2.24. The smallest absolute Gasteiger partial charge is 0.139 e. The fourth-order valence-electron chi connectivity index (χ4n) is 2.53. The monoisotopic (exact) mass is 212 g/mol. The zero-order valence-electron chi connectivity index (χ0n) is 9.27. The molecule has 2 unspecified atom stereocenters. The van der Waals surface area contributed by atoms with Crippen LogP contribution in [0, 0.1) is 0 Å². The summed E-state index contributed by atoms with van der Waals surface area (Å²) in [5, 5.41) is 1.91. The van der Waals surface area contributed by atoms with E-state index < -0.39 is 0 Å². The summed E-state index contributed by atoms with van der Waals surface area (Å²) in [6, 6.07) is 4.08. The van der Waals surface area contributed by atoms with Crippen LogP contribution in [0.15, 0.2) is 28.3 Å². The molecule has 3 rings (SSSR count). The number of rotatable bonds is 1. The summed E-state index contributed by atoms with van der Waals surface area (Å²) >= 11 is 0. The molecule has 2 aliphatic heterocycles. The van der Waals surface area contributed by atoms with Crippen molar-refractivity contribution in [2.45, 2.75) is 25.8 Å². The molecule has 3 heteroatoms. The van der Waals surface area contributed by atoms with Crippen LogP contribution in [0.3, 0.4) is 0 Å². The lowest BCUT2D eigenvalue weighted by molar-refractivity contribution is -0.118. The van der Waals surface area contributed by atoms with E-state index in [1.165, 1.54) is 0 Å². The lowest BCUT2D eigenvalue weighted by Gasteiger charge is -2.11. The summed E-state index contributed by atoms with van der Waals surface area (Å²) in [6.45, 7) is 3.62. The van der Waals surface area contributed by atoms with Crippen molar-refractivity contribution in [3.8, 4) is 0 Å². The number of benzene rings is 1. The van der Waals surface area contributed by atoms with E-state index in [2.05, 4.69) is 9.98 Å². The van der Waals surface area contributed by atoms with Crippen LogP contribution in [0.4, 0.5) is 0 Å². The number of Topliss-reactive ketones (excluding diaryl/α,β-unsaturated/α-hetero) is 1. The van der Waals surface area contributed by atoms with E-state index in [0.717, 1.165) is 21.8 Å². The Morgan fingerprint density at radius 3 is 2.88 bits per heavy atom. The molecule has 16 heavy (non-hydrogen) atoms. The van der Waals surface area contributed by atoms with Crippen molar-refractivity contribution in [3.05, 3.63) is 40.2 Å². The van der Waals surface area contributed by atoms with Crippen molar-refractivity contribution in [1.29, 1.82) is 0 Å². The number of hydrogen-bond acceptors (Lipinski definition) is 3. The van der Waals surface area contributed by atoms with Gasteiger partial charge in [0.15, 0.2) is 0 Å². The Hall–Kier alpha value is -1.77. The summed E-state index contributed by atoms with van der Waals surface area (Å²) in [6.07, 6.45) is 3.75. The predicted molar refractivity (Wildman–Crippen MR) is 60.7 cm³/mol. The fourth-order valence-corrected chi connectivity index (χ4v) is 2.53. The molecule has 80 valence electrons. The van der Waals surface area contributed by atoms with Crippen LogP contribution in [-0.4, -0.2) is 11.8 Å². The first-order valence-corrected chi connectivity index (χ1v) is 5.43. The van der Waals surface area contributed by atoms with Gasteiger partial charge in [-0.1, -0.05) is 0 Å². The van der Waals surface area contributed by atoms with Gasteiger partial charge in [-0.25, -0.2) is 0 Å². The quantitative estimate of drug-likeness (QED) is 0.684. The van der Waals surface area contributed by atoms with E-state index in [0.29, 0.717) is 0 Å². The number of carbonyl (C=O) groups is 1. The molecule has 3 nitrogen and oxygen atoms in total. The number of ketones is 1. The average molecular weight is 212 g/mol. The SMILES string of the molecule is CC(=O)C1c2cc3c(cc2=NC1C)C=CN=3. The maximum atomic E-state index is 11.6. The van der Waals surface area contributed by atoms with Crippen LogP contribution >= 0.6 is 0 Å². The van der Waals surface area contributed by atoms with Gasteiger partial charge in [0.1, 0.15) is 5.78 Å². The van der Waals surface area contributed by atoms with E-state index in [9.17, 15) is 4.79 Å². The van der Waals surface area contributed by atoms with Gasteiger partial charge in [0.05, 0.1) is 22.7 Å². The molecule has 0 spiro atoms. The third-order valence-electron chi connectivity index (χ3n) is 3.24. The van der Waals surface area contributed by atoms with E-state index >= 15 is 0 Å². The molecule has 0 saturated heterocycles. The highest BCUT2D eigenvalue weighted by molar-refractivity contribution is 5.84. The minimum Gasteiger partial charge on any atom is -0.299 e. The van der Waals surface area contributed by atoms with Crippen LogP contribution in [0.2, 0.25) is 0 Å². The average Bonchev–Trinajstić information content (AvgIpc) is 2.75. The minimum absolute atomic E-state index is 0.0546. The number of hydrogen-bond donors (Lipinski definition) is 0. The van der Waals surface area contributed by atoms with Crippen LogP contribution in [0.5, 0.6) is 0 Å². The Balaban J connectivity index is 2.27. The van der Waals surface area contributed by atoms with Gasteiger partial charge >= 0.3 is 0 Å². The van der Waals surface area contributed by atoms with E-state index in [1.54, 1.807) is 13.1 Å². The Morgan fingerprint density at radius 2 is 2.12 bits per heavy atom. The topological polar surface area (TPSA) is 41.8 Å². The first-order chi connectivity index (χ1) is 7.66. The van der Waals surface area contributed by atoms with Crippen molar-refractivity contribution >= 4 is 11.9 Å². The lowest BCUT2D eigenvalue weighted by atomic mass is 9.91. The molecule has 2 heterocycles. The van der Waals surface area contributed by atoms with Gasteiger partial charge in [0.2, 0.25) is 0 Å². The Bertz CT molecular complexity index is 628. The van der Waals surface area contributed by atoms with Gasteiger partial charge in [0.25, 0.3) is 0 Å². The molecule has 0 fully saturated rings. The van der Waals surface area contributed by atoms with Gasteiger partial charge in [0, 0.05) is 11.8 Å². The summed E-state index contributed by atoms with van der Waals surface area (Å²) < 4.78 is 0. The third-order valence-corrected chi connectivity index (χ3v) is 3.24. The van der Waals surface area contributed by atoms with Gasteiger partial charge in [-0.05, 0) is 37.6 Å². The van der Waals surface area contributed by atoms with Gasteiger partial charge < -0.3 is 0 Å². The van der Waals surface area contributed by atoms with E-state index in [1.807, 2.05) is 25.1 Å². The number of fused-ring (bicyclic) bond motifs is 2. The third kappa shape index (κ3) is 1.18. The fraction of sp³-hybridized carbons (Fsp3) is 0.308. The van der Waals surface area contributed by atoms with Crippen molar-refractivity contribution in [2.24, 2.45) is 9.98 Å². The number of carbonyl (C=O) groups excluding carboxylic acids is 1. The molecule has 2 aliphatic rings. The maximum absolute atomic E-state index is 11.6. The molecule has 0 radical (unpaired) electrons. The van der Waals surface area contributed by atoms with Crippen molar-refractivity contribution in [3.63, 3.8) is 0 Å². The standard InChI is InChI=1S/C13H12N2O/c1-7-13(8(2)16)10-6-11-9(3-4-14-11)5-12(10)15-7/h3-7,13H,1-2H3. The predicted octanol–water partition coefficient (Wildman–Crippen LogP) is 0.985. The van der Waals surface area contributed by atoms with Crippen LogP contribution in [0.25, 0.3) is 6.08 Å². The van der Waals surface area contributed by atoms with Crippen molar-refractivity contribution < 1.29 is 4.79 Å². The summed E-state index contributed by atoms with van der Waals surface area (Å²) in [4.78, 5) is 20.4. The first-order valence-electron chi connectivity index (χ1n) is 5.43. The van der Waals surface area contributed by atoms with Crippen molar-refractivity contribution in [1.82, 2.24) is 0 Å². The van der Waals surface area contributed by atoms with Gasteiger partial charge in [-0.2, -0.15) is 0 Å². The van der Waals surface area contributed by atoms with Gasteiger partial charge in [-0.3, -0.25) is 14.8 Å². The Kier molecular flexibility index (Phi) is 1.84. The molecule has 0 N–H and O–H groups in total. The maximum Gasteiger partial charge on any atom is 0.139 e. The van der Waals surface area contributed by atoms with Crippen molar-refractivity contribution in [2.75, 3.05) is 0 Å². The molecule has 2 atom stereocenters. The molecule has 1 aromatic rings. The number of nitrogens with zero attached hydrogens (tertiary/aromatic N) is 2. The van der Waals surface area contributed by atoms with Crippen LogP contribution in [-0.2, 0) is 4.79 Å². The molecule has 0 saturated carbocycles. The zero-order valence-corrected chi connectivity index (χ0v) is 9.27. The minimum atomic E-state index is -0.0869. The van der Waals surface area contributed by atoms with E-state index in [4.69, 9.17) is 0 Å². The second-order valence-corrected chi connectivity index (χ2v) is 4.37. The van der Waals surface area contributed by atoms with Gasteiger partial charge in [-0.15, -0.1) is 0 Å². The highest BCUT2D eigenvalue weighted by atomic mass is 16.1. The molecule has 0 aliphatic carbocycles. The first kappa shape index (κ1) is 9.46. The molecule has 0 bridgehead atoms. The highest BCUT2D eigenvalue weighted by Gasteiger charge is 2.29. The van der Waals surface area contributed by atoms with Crippen LogP contribution < -0.4 is 10.7 Å². The normalized spacial score (nSPS) is 24.6. The molecule has 1 aromatic carbocycles. The largest absolute Gasteiger partial charge is 0.299 e. The Labute approximate surface area is 93.2 Å².